The highest BCUT2D eigenvalue weighted by Gasteiger charge is 2.55. The molecule has 1 saturated carbocycles. The van der Waals surface area contributed by atoms with E-state index in [0.29, 0.717) is 40.7 Å². The third-order valence-electron chi connectivity index (χ3n) is 6.57. The van der Waals surface area contributed by atoms with Crippen molar-refractivity contribution >= 4 is 17.5 Å². The molecule has 7 heteroatoms. The summed E-state index contributed by atoms with van der Waals surface area (Å²) in [5.74, 6) is 0.953. The first-order valence-corrected chi connectivity index (χ1v) is 11.0. The molecule has 32 heavy (non-hydrogen) atoms. The second kappa shape index (κ2) is 8.94. The zero-order valence-corrected chi connectivity index (χ0v) is 18.6. The highest BCUT2D eigenvalue weighted by atomic mass is 16.4. The fraction of sp³-hybridized carbons (Fsp3) is 0.360. The van der Waals surface area contributed by atoms with E-state index in [9.17, 15) is 9.59 Å². The van der Waals surface area contributed by atoms with Crippen LogP contribution in [0.4, 0.5) is 5.69 Å². The minimum atomic E-state index is -0.263. The van der Waals surface area contributed by atoms with Crippen molar-refractivity contribution in [3.8, 4) is 11.5 Å². The van der Waals surface area contributed by atoms with Crippen LogP contribution in [-0.4, -0.2) is 21.8 Å². The number of hydrogen-bond acceptors (Lipinski definition) is 5. The molecule has 1 aliphatic carbocycles. The van der Waals surface area contributed by atoms with Crippen LogP contribution < -0.4 is 10.6 Å². The molecule has 1 aliphatic rings. The molecule has 0 saturated heterocycles. The Balaban J connectivity index is 1.47. The van der Waals surface area contributed by atoms with Crippen LogP contribution in [0.5, 0.6) is 0 Å². The van der Waals surface area contributed by atoms with Crippen molar-refractivity contribution in [3.05, 3.63) is 65.8 Å². The smallest absolute Gasteiger partial charge is 0.257 e. The maximum atomic E-state index is 12.6. The number of rotatable bonds is 8. The fourth-order valence-electron chi connectivity index (χ4n) is 4.22. The van der Waals surface area contributed by atoms with E-state index in [1.165, 1.54) is 6.20 Å². The Morgan fingerprint density at radius 2 is 1.94 bits per heavy atom. The Morgan fingerprint density at radius 3 is 2.62 bits per heavy atom. The molecule has 1 fully saturated rings. The van der Waals surface area contributed by atoms with Gasteiger partial charge < -0.3 is 15.1 Å². The molecule has 0 spiro atoms. The maximum Gasteiger partial charge on any atom is 0.257 e. The lowest BCUT2D eigenvalue weighted by atomic mass is 9.97. The predicted octanol–water partition coefficient (Wildman–Crippen LogP) is 4.74. The van der Waals surface area contributed by atoms with Crippen molar-refractivity contribution in [1.29, 1.82) is 0 Å². The van der Waals surface area contributed by atoms with Crippen molar-refractivity contribution in [3.63, 3.8) is 0 Å². The van der Waals surface area contributed by atoms with Crippen molar-refractivity contribution in [2.45, 2.75) is 46.6 Å². The van der Waals surface area contributed by atoms with Gasteiger partial charge >= 0.3 is 0 Å². The van der Waals surface area contributed by atoms with Crippen LogP contribution in [0, 0.1) is 18.3 Å². The Morgan fingerprint density at radius 1 is 1.16 bits per heavy atom. The Kier molecular flexibility index (Phi) is 6.08. The van der Waals surface area contributed by atoms with E-state index in [4.69, 9.17) is 4.42 Å². The van der Waals surface area contributed by atoms with E-state index in [1.54, 1.807) is 24.4 Å². The summed E-state index contributed by atoms with van der Waals surface area (Å²) in [4.78, 5) is 33.7. The maximum absolute atomic E-state index is 12.6. The first-order valence-electron chi connectivity index (χ1n) is 11.0. The number of pyridine rings is 1. The predicted molar refractivity (Wildman–Crippen MR) is 122 cm³/mol. The van der Waals surface area contributed by atoms with Crippen LogP contribution in [0.2, 0.25) is 0 Å². The monoisotopic (exact) mass is 432 g/mol. The summed E-state index contributed by atoms with van der Waals surface area (Å²) in [6.45, 7) is 6.44. The summed E-state index contributed by atoms with van der Waals surface area (Å²) < 4.78 is 5.89. The standard InChI is InChI=1S/C25H28N4O3/c1-4-25(5-2)13-19(25)23(31)27-15-21-16(3)32-24(29-21)18-10-6-7-11-20(18)28-22(30)17-9-8-12-26-14-17/h6-12,14,19H,4-5,13,15H2,1-3H3,(H,27,31)(H,28,30)/t19-/m0/s1. The molecule has 0 aliphatic heterocycles. The molecule has 0 radical (unpaired) electrons. The van der Waals surface area contributed by atoms with E-state index in [-0.39, 0.29) is 23.1 Å². The number of carbonyl (C=O) groups is 2. The van der Waals surface area contributed by atoms with Gasteiger partial charge in [-0.2, -0.15) is 0 Å². The number of para-hydroxylation sites is 1. The van der Waals surface area contributed by atoms with Gasteiger partial charge in [-0.05, 0) is 55.9 Å². The van der Waals surface area contributed by atoms with Gasteiger partial charge in [0.05, 0.1) is 23.4 Å². The van der Waals surface area contributed by atoms with Gasteiger partial charge in [0.25, 0.3) is 5.91 Å². The quantitative estimate of drug-likeness (QED) is 0.536. The summed E-state index contributed by atoms with van der Waals surface area (Å²) in [7, 11) is 0. The minimum absolute atomic E-state index is 0.0850. The second-order valence-electron chi connectivity index (χ2n) is 8.31. The van der Waals surface area contributed by atoms with Gasteiger partial charge in [-0.3, -0.25) is 14.6 Å². The third-order valence-corrected chi connectivity index (χ3v) is 6.57. The van der Waals surface area contributed by atoms with E-state index >= 15 is 0 Å². The number of aryl methyl sites for hydroxylation is 1. The van der Waals surface area contributed by atoms with Gasteiger partial charge in [-0.25, -0.2) is 4.98 Å². The van der Waals surface area contributed by atoms with Crippen molar-refractivity contribution < 1.29 is 14.0 Å². The van der Waals surface area contributed by atoms with E-state index in [1.807, 2.05) is 25.1 Å². The summed E-state index contributed by atoms with van der Waals surface area (Å²) in [5, 5.41) is 5.92. The highest BCUT2D eigenvalue weighted by Crippen LogP contribution is 2.57. The average Bonchev–Trinajstić information content (AvgIpc) is 3.46. The molecule has 1 atom stereocenters. The largest absolute Gasteiger partial charge is 0.441 e. The molecule has 7 nitrogen and oxygen atoms in total. The zero-order valence-electron chi connectivity index (χ0n) is 18.6. The van der Waals surface area contributed by atoms with Crippen LogP contribution in [0.1, 0.15) is 54.9 Å². The molecule has 2 N–H and O–H groups in total. The first-order chi connectivity index (χ1) is 15.5. The number of aromatic nitrogens is 2. The molecule has 0 bridgehead atoms. The summed E-state index contributed by atoms with van der Waals surface area (Å²) >= 11 is 0. The Hall–Kier alpha value is -3.48. The molecular formula is C25H28N4O3. The highest BCUT2D eigenvalue weighted by molar-refractivity contribution is 6.05. The minimum Gasteiger partial charge on any atom is -0.441 e. The molecule has 3 aromatic rings. The topological polar surface area (TPSA) is 97.1 Å². The summed E-state index contributed by atoms with van der Waals surface area (Å²) in [5.41, 5.74) is 2.57. The molecule has 166 valence electrons. The van der Waals surface area contributed by atoms with Crippen LogP contribution in [0.15, 0.2) is 53.2 Å². The van der Waals surface area contributed by atoms with Gasteiger partial charge in [0.1, 0.15) is 11.5 Å². The van der Waals surface area contributed by atoms with Crippen LogP contribution >= 0.6 is 0 Å². The molecule has 0 unspecified atom stereocenters. The number of hydrogen-bond donors (Lipinski definition) is 2. The Bertz CT molecular complexity index is 1120. The zero-order chi connectivity index (χ0) is 22.7. The van der Waals surface area contributed by atoms with Crippen LogP contribution in [-0.2, 0) is 11.3 Å². The van der Waals surface area contributed by atoms with Crippen molar-refractivity contribution in [2.24, 2.45) is 11.3 Å². The lowest BCUT2D eigenvalue weighted by Crippen LogP contribution is -2.27. The Labute approximate surface area is 187 Å². The van der Waals surface area contributed by atoms with Gasteiger partial charge in [0, 0.05) is 18.3 Å². The fourth-order valence-corrected chi connectivity index (χ4v) is 4.22. The van der Waals surface area contributed by atoms with Crippen LogP contribution in [0.25, 0.3) is 11.5 Å². The number of benzene rings is 1. The van der Waals surface area contributed by atoms with Gasteiger partial charge in [0.2, 0.25) is 11.8 Å². The molecule has 2 aromatic heterocycles. The molecular weight excluding hydrogens is 404 g/mol. The SMILES string of the molecule is CCC1(CC)C[C@H]1C(=O)NCc1nc(-c2ccccc2NC(=O)c2cccnc2)oc1C. The van der Waals surface area contributed by atoms with Gasteiger partial charge in [0.15, 0.2) is 0 Å². The molecule has 2 heterocycles. The molecule has 4 rings (SSSR count). The van der Waals surface area contributed by atoms with E-state index in [2.05, 4.69) is 34.4 Å². The molecule has 1 aromatic carbocycles. The summed E-state index contributed by atoms with van der Waals surface area (Å²) in [6, 6.07) is 10.7. The summed E-state index contributed by atoms with van der Waals surface area (Å²) in [6.07, 6.45) is 6.14. The van der Waals surface area contributed by atoms with Gasteiger partial charge in [-0.15, -0.1) is 0 Å². The van der Waals surface area contributed by atoms with Crippen molar-refractivity contribution in [2.75, 3.05) is 5.32 Å². The first kappa shape index (κ1) is 21.7. The lowest BCUT2D eigenvalue weighted by Gasteiger charge is -2.11. The van der Waals surface area contributed by atoms with E-state index < -0.39 is 0 Å². The average molecular weight is 433 g/mol. The second-order valence-corrected chi connectivity index (χ2v) is 8.31. The normalized spacial score (nSPS) is 16.4. The number of amides is 2. The van der Waals surface area contributed by atoms with Gasteiger partial charge in [-0.1, -0.05) is 26.0 Å². The van der Waals surface area contributed by atoms with Crippen molar-refractivity contribution in [1.82, 2.24) is 15.3 Å². The number of nitrogens with one attached hydrogen (secondary N) is 2. The third kappa shape index (κ3) is 4.28. The van der Waals surface area contributed by atoms with E-state index in [0.717, 1.165) is 19.3 Å². The lowest BCUT2D eigenvalue weighted by molar-refractivity contribution is -0.123. The number of oxazole rings is 1. The number of carbonyl (C=O) groups excluding carboxylic acids is 2. The number of anilines is 1. The number of nitrogens with zero attached hydrogens (tertiary/aromatic N) is 2. The van der Waals surface area contributed by atoms with Crippen LogP contribution in [0.3, 0.4) is 0 Å². The molecule has 2 amide bonds.